The highest BCUT2D eigenvalue weighted by Gasteiger charge is 2.17. The van der Waals surface area contributed by atoms with Gasteiger partial charge in [-0.05, 0) is 61.3 Å². The third kappa shape index (κ3) is 4.13. The number of rotatable bonds is 5. The molecule has 1 aliphatic heterocycles. The number of pyridine rings is 4. The predicted octanol–water partition coefficient (Wildman–Crippen LogP) is 5.01. The highest BCUT2D eigenvalue weighted by atomic mass is 15.2. The van der Waals surface area contributed by atoms with Crippen LogP contribution >= 0.6 is 0 Å². The molecule has 0 aliphatic carbocycles. The molecule has 2 N–H and O–H groups in total. The van der Waals surface area contributed by atoms with Crippen molar-refractivity contribution in [2.24, 2.45) is 0 Å². The molecule has 0 amide bonds. The Morgan fingerprint density at radius 1 is 0.811 bits per heavy atom. The van der Waals surface area contributed by atoms with Gasteiger partial charge < -0.3 is 4.98 Å². The van der Waals surface area contributed by atoms with E-state index in [-0.39, 0.29) is 0 Å². The number of nitrogens with zero attached hydrogens (tertiary/aromatic N) is 7. The molecule has 0 aromatic carbocycles. The number of hydrogen-bond donors (Lipinski definition) is 2. The maximum absolute atomic E-state index is 4.92. The third-order valence-electron chi connectivity index (χ3n) is 7.01. The normalized spacial score (nSPS) is 14.5. The van der Waals surface area contributed by atoms with Crippen LogP contribution < -0.4 is 0 Å². The lowest BCUT2D eigenvalue weighted by atomic mass is 10.1. The number of H-pyrrole nitrogens is 2. The number of imidazole rings is 1. The van der Waals surface area contributed by atoms with Crippen molar-refractivity contribution in [2.75, 3.05) is 13.1 Å². The summed E-state index contributed by atoms with van der Waals surface area (Å²) in [6.45, 7) is 3.25. The summed E-state index contributed by atoms with van der Waals surface area (Å²) in [6, 6.07) is 8.24. The smallest absolute Gasteiger partial charge is 0.159 e. The van der Waals surface area contributed by atoms with E-state index in [0.29, 0.717) is 11.5 Å². The molecule has 6 aromatic rings. The number of piperidine rings is 1. The summed E-state index contributed by atoms with van der Waals surface area (Å²) < 4.78 is 0. The molecule has 0 unspecified atom stereocenters. The fourth-order valence-corrected chi connectivity index (χ4v) is 5.14. The van der Waals surface area contributed by atoms with E-state index < -0.39 is 0 Å². The first-order chi connectivity index (χ1) is 18.3. The maximum atomic E-state index is 4.92. The monoisotopic (exact) mass is 487 g/mol. The summed E-state index contributed by atoms with van der Waals surface area (Å²) in [5.41, 5.74) is 8.34. The molecule has 37 heavy (non-hydrogen) atoms. The van der Waals surface area contributed by atoms with E-state index in [0.717, 1.165) is 64.0 Å². The summed E-state index contributed by atoms with van der Waals surface area (Å²) in [5, 5.41) is 8.51. The molecule has 0 saturated carbocycles. The summed E-state index contributed by atoms with van der Waals surface area (Å²) >= 11 is 0. The van der Waals surface area contributed by atoms with Gasteiger partial charge in [-0.3, -0.25) is 25.0 Å². The van der Waals surface area contributed by atoms with Crippen LogP contribution in [-0.4, -0.2) is 58.1 Å². The third-order valence-corrected chi connectivity index (χ3v) is 7.01. The van der Waals surface area contributed by atoms with Gasteiger partial charge in [-0.1, -0.05) is 6.42 Å². The minimum absolute atomic E-state index is 0.667. The van der Waals surface area contributed by atoms with Gasteiger partial charge in [0.05, 0.1) is 22.6 Å². The van der Waals surface area contributed by atoms with Gasteiger partial charge in [0.25, 0.3) is 0 Å². The van der Waals surface area contributed by atoms with Gasteiger partial charge in [0.2, 0.25) is 0 Å². The second-order valence-electron chi connectivity index (χ2n) is 9.52. The Bertz CT molecular complexity index is 1700. The van der Waals surface area contributed by atoms with Gasteiger partial charge in [0.1, 0.15) is 5.69 Å². The second-order valence-corrected chi connectivity index (χ2v) is 9.52. The van der Waals surface area contributed by atoms with Crippen LogP contribution in [0.3, 0.4) is 0 Å². The molecule has 7 heterocycles. The molecule has 182 valence electrons. The van der Waals surface area contributed by atoms with Crippen molar-refractivity contribution < 1.29 is 0 Å². The van der Waals surface area contributed by atoms with E-state index in [2.05, 4.69) is 52.1 Å². The lowest BCUT2D eigenvalue weighted by Gasteiger charge is -2.26. The molecule has 9 heteroatoms. The number of aromatic nitrogens is 8. The highest BCUT2D eigenvalue weighted by molar-refractivity contribution is 5.96. The van der Waals surface area contributed by atoms with E-state index in [1.165, 1.54) is 24.8 Å². The van der Waals surface area contributed by atoms with Crippen molar-refractivity contribution in [2.45, 2.75) is 25.8 Å². The van der Waals surface area contributed by atoms with Crippen LogP contribution in [0.15, 0.2) is 67.6 Å². The Morgan fingerprint density at radius 3 is 2.54 bits per heavy atom. The van der Waals surface area contributed by atoms with Crippen LogP contribution in [0.1, 0.15) is 24.8 Å². The minimum atomic E-state index is 0.667. The Hall–Kier alpha value is -4.50. The average molecular weight is 488 g/mol. The summed E-state index contributed by atoms with van der Waals surface area (Å²) in [7, 11) is 0. The molecule has 6 aromatic heterocycles. The van der Waals surface area contributed by atoms with Gasteiger partial charge in [-0.2, -0.15) is 5.10 Å². The standard InChI is InChI=1S/C28H25N9/c1-2-8-37(9-3-1)17-18-10-20(13-30-12-18)21-11-22-26(35-36-27(22)32-14-21)28-33-24-16-31-15-23(25(24)34-28)19-4-6-29-7-5-19/h4-7,10-16H,1-3,8-9,17H2,(H,33,34)(H,32,35,36). The van der Waals surface area contributed by atoms with Crippen molar-refractivity contribution in [3.8, 4) is 33.8 Å². The Balaban J connectivity index is 1.26. The zero-order valence-electron chi connectivity index (χ0n) is 20.2. The minimum Gasteiger partial charge on any atom is -0.335 e. The number of nitrogens with one attached hydrogen (secondary N) is 2. The second kappa shape index (κ2) is 9.18. The number of likely N-dealkylation sites (tertiary alicyclic amines) is 1. The van der Waals surface area contributed by atoms with Crippen molar-refractivity contribution in [1.82, 2.24) is 45.0 Å². The molecular weight excluding hydrogens is 462 g/mol. The van der Waals surface area contributed by atoms with Crippen molar-refractivity contribution >= 4 is 22.1 Å². The van der Waals surface area contributed by atoms with Gasteiger partial charge >= 0.3 is 0 Å². The van der Waals surface area contributed by atoms with Crippen LogP contribution in [0, 0.1) is 0 Å². The Kier molecular flexibility index (Phi) is 5.40. The van der Waals surface area contributed by atoms with Crippen LogP contribution in [0.5, 0.6) is 0 Å². The van der Waals surface area contributed by atoms with Gasteiger partial charge in [0, 0.05) is 60.4 Å². The zero-order chi connectivity index (χ0) is 24.6. The Labute approximate surface area is 213 Å². The van der Waals surface area contributed by atoms with E-state index in [1.807, 2.05) is 36.9 Å². The van der Waals surface area contributed by atoms with Crippen LogP contribution in [0.4, 0.5) is 0 Å². The SMILES string of the molecule is c1cc(-c2cncc3[nH]c(-c4n[nH]c5ncc(-c6cncc(CN7CCCCC7)c6)cc45)nc23)ccn1. The first-order valence-corrected chi connectivity index (χ1v) is 12.6. The highest BCUT2D eigenvalue weighted by Crippen LogP contribution is 2.32. The van der Waals surface area contributed by atoms with Gasteiger partial charge in [-0.25, -0.2) is 9.97 Å². The lowest BCUT2D eigenvalue weighted by Crippen LogP contribution is -2.29. The van der Waals surface area contributed by atoms with E-state index in [4.69, 9.17) is 4.98 Å². The first kappa shape index (κ1) is 21.8. The molecule has 1 fully saturated rings. The molecular formula is C28H25N9. The van der Waals surface area contributed by atoms with Crippen LogP contribution in [0.25, 0.3) is 55.8 Å². The molecule has 0 atom stereocenters. The summed E-state index contributed by atoms with van der Waals surface area (Å²) in [4.78, 5) is 28.5. The lowest BCUT2D eigenvalue weighted by molar-refractivity contribution is 0.220. The number of fused-ring (bicyclic) bond motifs is 2. The average Bonchev–Trinajstić information content (AvgIpc) is 3.58. The van der Waals surface area contributed by atoms with Crippen molar-refractivity contribution in [1.29, 1.82) is 0 Å². The van der Waals surface area contributed by atoms with E-state index in [1.54, 1.807) is 18.6 Å². The molecule has 0 spiro atoms. The number of aromatic amines is 2. The topological polar surface area (TPSA) is 112 Å². The fourth-order valence-electron chi connectivity index (χ4n) is 5.14. The fraction of sp³-hybridized carbons (Fsp3) is 0.214. The predicted molar refractivity (Wildman–Crippen MR) is 142 cm³/mol. The number of hydrogen-bond acceptors (Lipinski definition) is 7. The van der Waals surface area contributed by atoms with Crippen LogP contribution in [0.2, 0.25) is 0 Å². The molecule has 0 bridgehead atoms. The van der Waals surface area contributed by atoms with Gasteiger partial charge in [-0.15, -0.1) is 0 Å². The van der Waals surface area contributed by atoms with Crippen molar-refractivity contribution in [3.05, 3.63) is 73.2 Å². The van der Waals surface area contributed by atoms with Crippen LogP contribution in [-0.2, 0) is 6.54 Å². The quantitative estimate of drug-likeness (QED) is 0.352. The molecule has 7 rings (SSSR count). The Morgan fingerprint density at radius 2 is 1.65 bits per heavy atom. The molecule has 0 radical (unpaired) electrons. The van der Waals surface area contributed by atoms with E-state index in [9.17, 15) is 0 Å². The molecule has 9 nitrogen and oxygen atoms in total. The van der Waals surface area contributed by atoms with Gasteiger partial charge in [0.15, 0.2) is 11.5 Å². The molecule has 1 saturated heterocycles. The largest absolute Gasteiger partial charge is 0.335 e. The van der Waals surface area contributed by atoms with Crippen molar-refractivity contribution in [3.63, 3.8) is 0 Å². The maximum Gasteiger partial charge on any atom is 0.159 e. The first-order valence-electron chi connectivity index (χ1n) is 12.6. The molecule has 1 aliphatic rings. The summed E-state index contributed by atoms with van der Waals surface area (Å²) in [6.07, 6.45) is 16.8. The van der Waals surface area contributed by atoms with E-state index >= 15 is 0 Å². The zero-order valence-corrected chi connectivity index (χ0v) is 20.2. The summed E-state index contributed by atoms with van der Waals surface area (Å²) in [5.74, 6) is 0.667.